The van der Waals surface area contributed by atoms with E-state index < -0.39 is 0 Å². The second-order valence-electron chi connectivity index (χ2n) is 5.34. The largest absolute Gasteiger partial charge is 0.324 e. The van der Waals surface area contributed by atoms with Crippen LogP contribution in [0.4, 0.5) is 0 Å². The number of fused-ring (bicyclic) bond motifs is 1. The molecule has 1 aliphatic carbocycles. The number of benzene rings is 2. The Morgan fingerprint density at radius 3 is 2.72 bits per heavy atom. The molecule has 0 saturated heterocycles. The first-order chi connectivity index (χ1) is 8.66. The van der Waals surface area contributed by atoms with Crippen LogP contribution in [0.5, 0.6) is 0 Å². The van der Waals surface area contributed by atoms with Crippen molar-refractivity contribution in [1.29, 1.82) is 0 Å². The molecule has 2 aromatic rings. The maximum absolute atomic E-state index is 6.16. The normalized spacial score (nSPS) is 17.8. The Hall–Kier alpha value is -1.60. The SMILES string of the molecule is Cc1ccc(C)c(-c2cccc3c2CCC3N)c1. The van der Waals surface area contributed by atoms with Crippen molar-refractivity contribution in [3.8, 4) is 11.1 Å². The molecule has 0 radical (unpaired) electrons. The van der Waals surface area contributed by atoms with Gasteiger partial charge in [0.1, 0.15) is 0 Å². The van der Waals surface area contributed by atoms with Crippen molar-refractivity contribution in [2.24, 2.45) is 5.73 Å². The maximum Gasteiger partial charge on any atom is 0.0300 e. The van der Waals surface area contributed by atoms with E-state index in [1.54, 1.807) is 0 Å². The highest BCUT2D eigenvalue weighted by Gasteiger charge is 2.22. The monoisotopic (exact) mass is 237 g/mol. The third-order valence-corrected chi connectivity index (χ3v) is 4.00. The molecule has 1 atom stereocenters. The van der Waals surface area contributed by atoms with Crippen LogP contribution in [0.2, 0.25) is 0 Å². The van der Waals surface area contributed by atoms with Crippen LogP contribution in [0.3, 0.4) is 0 Å². The van der Waals surface area contributed by atoms with Gasteiger partial charge in [0.05, 0.1) is 0 Å². The Bertz CT molecular complexity index is 599. The van der Waals surface area contributed by atoms with Crippen LogP contribution >= 0.6 is 0 Å². The zero-order valence-corrected chi connectivity index (χ0v) is 11.0. The van der Waals surface area contributed by atoms with Crippen LogP contribution < -0.4 is 5.73 Å². The Morgan fingerprint density at radius 1 is 1.06 bits per heavy atom. The van der Waals surface area contributed by atoms with Gasteiger partial charge < -0.3 is 5.73 Å². The fourth-order valence-corrected chi connectivity index (χ4v) is 2.96. The number of aryl methyl sites for hydroxylation is 2. The fraction of sp³-hybridized carbons (Fsp3) is 0.294. The third kappa shape index (κ3) is 1.75. The van der Waals surface area contributed by atoms with Crippen LogP contribution in [-0.4, -0.2) is 0 Å². The van der Waals surface area contributed by atoms with Gasteiger partial charge in [0.15, 0.2) is 0 Å². The van der Waals surface area contributed by atoms with Crippen LogP contribution in [-0.2, 0) is 6.42 Å². The van der Waals surface area contributed by atoms with Gasteiger partial charge in [0.2, 0.25) is 0 Å². The molecule has 1 heteroatoms. The van der Waals surface area contributed by atoms with Crippen molar-refractivity contribution in [1.82, 2.24) is 0 Å². The molecule has 92 valence electrons. The highest BCUT2D eigenvalue weighted by atomic mass is 14.6. The van der Waals surface area contributed by atoms with E-state index >= 15 is 0 Å². The van der Waals surface area contributed by atoms with Gasteiger partial charge in [-0.15, -0.1) is 0 Å². The average Bonchev–Trinajstić information content (AvgIpc) is 2.75. The predicted molar refractivity (Wildman–Crippen MR) is 76.6 cm³/mol. The zero-order valence-electron chi connectivity index (χ0n) is 11.0. The van der Waals surface area contributed by atoms with Crippen molar-refractivity contribution < 1.29 is 0 Å². The van der Waals surface area contributed by atoms with Crippen molar-refractivity contribution in [2.75, 3.05) is 0 Å². The van der Waals surface area contributed by atoms with Gasteiger partial charge >= 0.3 is 0 Å². The van der Waals surface area contributed by atoms with E-state index in [1.165, 1.54) is 33.4 Å². The summed E-state index contributed by atoms with van der Waals surface area (Å²) in [5.41, 5.74) is 14.4. The van der Waals surface area contributed by atoms with Gasteiger partial charge in [0, 0.05) is 6.04 Å². The third-order valence-electron chi connectivity index (χ3n) is 4.00. The van der Waals surface area contributed by atoms with Crippen LogP contribution in [0.1, 0.15) is 34.7 Å². The molecule has 0 fully saturated rings. The molecule has 1 nitrogen and oxygen atoms in total. The zero-order chi connectivity index (χ0) is 12.7. The first kappa shape index (κ1) is 11.5. The lowest BCUT2D eigenvalue weighted by Crippen LogP contribution is -2.05. The van der Waals surface area contributed by atoms with Gasteiger partial charge in [0.25, 0.3) is 0 Å². The minimum absolute atomic E-state index is 0.227. The molecule has 0 amide bonds. The summed E-state index contributed by atoms with van der Waals surface area (Å²) in [5.74, 6) is 0. The van der Waals surface area contributed by atoms with Gasteiger partial charge in [-0.3, -0.25) is 0 Å². The first-order valence-electron chi connectivity index (χ1n) is 6.62. The Balaban J connectivity index is 2.21. The van der Waals surface area contributed by atoms with Crippen LogP contribution in [0, 0.1) is 13.8 Å². The second-order valence-corrected chi connectivity index (χ2v) is 5.34. The molecule has 1 aliphatic rings. The molecular weight excluding hydrogens is 218 g/mol. The lowest BCUT2D eigenvalue weighted by Gasteiger charge is -2.13. The molecule has 0 aromatic heterocycles. The van der Waals surface area contributed by atoms with Crippen LogP contribution in [0.25, 0.3) is 11.1 Å². The number of hydrogen-bond acceptors (Lipinski definition) is 1. The van der Waals surface area contributed by atoms with E-state index in [0.717, 1.165) is 12.8 Å². The summed E-state index contributed by atoms with van der Waals surface area (Å²) in [5, 5.41) is 0. The molecule has 1 unspecified atom stereocenters. The summed E-state index contributed by atoms with van der Waals surface area (Å²) in [6.07, 6.45) is 2.19. The minimum Gasteiger partial charge on any atom is -0.324 e. The molecule has 0 aliphatic heterocycles. The molecular formula is C17H19N. The minimum atomic E-state index is 0.227. The Kier molecular flexibility index (Phi) is 2.71. The van der Waals surface area contributed by atoms with Crippen LogP contribution in [0.15, 0.2) is 36.4 Å². The van der Waals surface area contributed by atoms with Gasteiger partial charge in [-0.1, -0.05) is 42.0 Å². The number of rotatable bonds is 1. The molecule has 18 heavy (non-hydrogen) atoms. The molecule has 2 N–H and O–H groups in total. The van der Waals surface area contributed by atoms with Gasteiger partial charge in [-0.2, -0.15) is 0 Å². The molecule has 2 aromatic carbocycles. The summed E-state index contributed by atoms with van der Waals surface area (Å²) in [6, 6.07) is 13.5. The molecule has 0 saturated carbocycles. The Morgan fingerprint density at radius 2 is 1.89 bits per heavy atom. The van der Waals surface area contributed by atoms with E-state index in [0.29, 0.717) is 0 Å². The van der Waals surface area contributed by atoms with Crippen molar-refractivity contribution >= 4 is 0 Å². The highest BCUT2D eigenvalue weighted by Crippen LogP contribution is 2.37. The Labute approximate surface area is 109 Å². The lowest BCUT2D eigenvalue weighted by atomic mass is 9.92. The lowest BCUT2D eigenvalue weighted by molar-refractivity contribution is 0.713. The standard InChI is InChI=1S/C17H19N/c1-11-6-7-12(2)16(10-11)13-4-3-5-15-14(13)8-9-17(15)18/h3-7,10,17H,8-9,18H2,1-2H3. The fourth-order valence-electron chi connectivity index (χ4n) is 2.96. The van der Waals surface area contributed by atoms with E-state index in [2.05, 4.69) is 50.2 Å². The maximum atomic E-state index is 6.16. The highest BCUT2D eigenvalue weighted by molar-refractivity contribution is 5.73. The predicted octanol–water partition coefficient (Wildman–Crippen LogP) is 3.92. The molecule has 0 bridgehead atoms. The second kappa shape index (κ2) is 4.25. The van der Waals surface area contributed by atoms with E-state index in [1.807, 2.05) is 0 Å². The smallest absolute Gasteiger partial charge is 0.0300 e. The average molecular weight is 237 g/mol. The quantitative estimate of drug-likeness (QED) is 0.799. The van der Waals surface area contributed by atoms with E-state index in [4.69, 9.17) is 5.73 Å². The van der Waals surface area contributed by atoms with Gasteiger partial charge in [-0.25, -0.2) is 0 Å². The van der Waals surface area contributed by atoms with Crippen molar-refractivity contribution in [3.05, 3.63) is 58.7 Å². The molecule has 3 rings (SSSR count). The van der Waals surface area contributed by atoms with E-state index in [-0.39, 0.29) is 6.04 Å². The topological polar surface area (TPSA) is 26.0 Å². The summed E-state index contributed by atoms with van der Waals surface area (Å²) < 4.78 is 0. The van der Waals surface area contributed by atoms with Gasteiger partial charge in [-0.05, 0) is 54.5 Å². The molecule has 0 spiro atoms. The summed E-state index contributed by atoms with van der Waals surface area (Å²) in [7, 11) is 0. The number of nitrogens with two attached hydrogens (primary N) is 1. The van der Waals surface area contributed by atoms with Crippen molar-refractivity contribution in [3.63, 3.8) is 0 Å². The summed E-state index contributed by atoms with van der Waals surface area (Å²) in [6.45, 7) is 4.33. The first-order valence-corrected chi connectivity index (χ1v) is 6.62. The van der Waals surface area contributed by atoms with E-state index in [9.17, 15) is 0 Å². The molecule has 0 heterocycles. The van der Waals surface area contributed by atoms with Crippen molar-refractivity contribution in [2.45, 2.75) is 32.7 Å². The number of hydrogen-bond donors (Lipinski definition) is 1. The summed E-state index contributed by atoms with van der Waals surface area (Å²) in [4.78, 5) is 0. The summed E-state index contributed by atoms with van der Waals surface area (Å²) >= 11 is 0.